The van der Waals surface area contributed by atoms with Crippen molar-refractivity contribution < 1.29 is 18.5 Å². The van der Waals surface area contributed by atoms with Crippen LogP contribution in [0.1, 0.15) is 62.5 Å². The van der Waals surface area contributed by atoms with Gasteiger partial charge in [0.15, 0.2) is 0 Å². The second-order valence-electron chi connectivity index (χ2n) is 11.3. The summed E-state index contributed by atoms with van der Waals surface area (Å²) in [5.41, 5.74) is 0.633. The molecule has 0 unspecified atom stereocenters. The summed E-state index contributed by atoms with van der Waals surface area (Å²) in [4.78, 5) is 25.4. The minimum absolute atomic E-state index is 0.00567. The van der Waals surface area contributed by atoms with Crippen LogP contribution >= 0.6 is 0 Å². The molecule has 202 valence electrons. The molecule has 38 heavy (non-hydrogen) atoms. The smallest absolute Gasteiger partial charge is 0.410 e. The number of rotatable bonds is 4. The molecule has 2 aromatic heterocycles. The maximum atomic E-state index is 15.5. The fourth-order valence-electron chi connectivity index (χ4n) is 5.72. The third-order valence-corrected chi connectivity index (χ3v) is 12.5. The highest BCUT2D eigenvalue weighted by atomic mass is 32.3. The quantitative estimate of drug-likeness (QED) is 0.373. The summed E-state index contributed by atoms with van der Waals surface area (Å²) in [7, 11) is -3.34. The van der Waals surface area contributed by atoms with Gasteiger partial charge in [0.2, 0.25) is 0 Å². The van der Waals surface area contributed by atoms with E-state index in [0.717, 1.165) is 18.4 Å². The Morgan fingerprint density at radius 3 is 2.71 bits per heavy atom. The second-order valence-corrected chi connectivity index (χ2v) is 14.7. The van der Waals surface area contributed by atoms with E-state index >= 15 is 4.39 Å². The SMILES string of the molecule is Cc1cc(C#N)cnc1CNc1ccc(F)c([C@@]2(C)N=C(NC(=O)O)C(C)(C)[SH]3(=O)NCC4(CC4)C[C@@H]23)n1. The number of fused-ring (bicyclic) bond motifs is 1. The molecule has 0 radical (unpaired) electrons. The predicted molar refractivity (Wildman–Crippen MR) is 143 cm³/mol. The Balaban J connectivity index is 1.56. The molecule has 1 aliphatic carbocycles. The molecule has 2 aromatic rings. The highest BCUT2D eigenvalue weighted by molar-refractivity contribution is 8.04. The van der Waals surface area contributed by atoms with Crippen LogP contribution in [0.15, 0.2) is 29.4 Å². The number of carbonyl (C=O) groups is 1. The van der Waals surface area contributed by atoms with Crippen LogP contribution in [0.5, 0.6) is 0 Å². The first-order chi connectivity index (χ1) is 17.8. The van der Waals surface area contributed by atoms with Crippen molar-refractivity contribution in [3.63, 3.8) is 0 Å². The number of pyridine rings is 2. The number of amidine groups is 1. The van der Waals surface area contributed by atoms with Crippen LogP contribution in [0.4, 0.5) is 15.0 Å². The lowest BCUT2D eigenvalue weighted by molar-refractivity contribution is 0.199. The van der Waals surface area contributed by atoms with Crippen LogP contribution in [0.3, 0.4) is 0 Å². The van der Waals surface area contributed by atoms with Gasteiger partial charge in [-0.1, -0.05) is 0 Å². The van der Waals surface area contributed by atoms with Crippen LogP contribution in [0.2, 0.25) is 0 Å². The Kier molecular flexibility index (Phi) is 6.07. The topological polar surface area (TPSA) is 152 Å². The van der Waals surface area contributed by atoms with Crippen LogP contribution in [-0.2, 0) is 22.2 Å². The van der Waals surface area contributed by atoms with Gasteiger partial charge >= 0.3 is 6.09 Å². The zero-order chi connectivity index (χ0) is 27.5. The van der Waals surface area contributed by atoms with Gasteiger partial charge in [0, 0.05) is 12.7 Å². The van der Waals surface area contributed by atoms with Gasteiger partial charge in [-0.15, -0.1) is 0 Å². The predicted octanol–water partition coefficient (Wildman–Crippen LogP) is 3.16. The lowest BCUT2D eigenvalue weighted by atomic mass is 9.84. The van der Waals surface area contributed by atoms with E-state index in [1.165, 1.54) is 18.3 Å². The van der Waals surface area contributed by atoms with Gasteiger partial charge < -0.3 is 10.4 Å². The third kappa shape index (κ3) is 4.14. The summed E-state index contributed by atoms with van der Waals surface area (Å²) in [5.74, 6) is -0.199. The minimum Gasteiger partial charge on any atom is -0.465 e. The Hall–Kier alpha value is -3.43. The van der Waals surface area contributed by atoms with E-state index in [-0.39, 0.29) is 16.9 Å². The third-order valence-electron chi connectivity index (χ3n) is 8.42. The monoisotopic (exact) mass is 541 g/mol. The highest BCUT2D eigenvalue weighted by Crippen LogP contribution is 2.59. The van der Waals surface area contributed by atoms with Gasteiger partial charge in [-0.25, -0.2) is 14.2 Å². The summed E-state index contributed by atoms with van der Waals surface area (Å²) < 4.78 is 32.5. The van der Waals surface area contributed by atoms with Gasteiger partial charge in [0.1, 0.15) is 34.8 Å². The lowest BCUT2D eigenvalue weighted by Gasteiger charge is -2.57. The highest BCUT2D eigenvalue weighted by Gasteiger charge is 2.64. The first-order valence-corrected chi connectivity index (χ1v) is 14.3. The lowest BCUT2D eigenvalue weighted by Crippen LogP contribution is -2.71. The number of nitrogens with zero attached hydrogens (tertiary/aromatic N) is 4. The van der Waals surface area contributed by atoms with Crippen LogP contribution in [-0.4, -0.2) is 47.8 Å². The molecule has 1 saturated heterocycles. The molecule has 1 saturated carbocycles. The number of carboxylic acid groups (broad SMARTS) is 1. The van der Waals surface area contributed by atoms with Gasteiger partial charge in [0.05, 0.1) is 27.8 Å². The number of halogens is 1. The van der Waals surface area contributed by atoms with Crippen molar-refractivity contribution in [2.45, 2.75) is 69.0 Å². The second kappa shape index (κ2) is 8.81. The number of aryl methyl sites for hydroxylation is 1. The van der Waals surface area contributed by atoms with E-state index in [1.807, 2.05) is 6.92 Å². The Bertz CT molecular complexity index is 1450. The first-order valence-electron chi connectivity index (χ1n) is 12.6. The molecule has 4 heterocycles. The summed E-state index contributed by atoms with van der Waals surface area (Å²) in [6.45, 7) is 7.87. The summed E-state index contributed by atoms with van der Waals surface area (Å²) >= 11 is 0. The summed E-state index contributed by atoms with van der Waals surface area (Å²) in [5, 5.41) is 23.5. The molecule has 2 atom stereocenters. The molecule has 4 N–H and O–H groups in total. The molecular formula is C26H32FN7O3S. The van der Waals surface area contributed by atoms with Crippen molar-refractivity contribution >= 4 is 27.9 Å². The van der Waals surface area contributed by atoms with E-state index in [4.69, 9.17) is 10.3 Å². The molecule has 1 spiro atoms. The number of anilines is 1. The number of nitriles is 1. The van der Waals surface area contributed by atoms with Crippen LogP contribution < -0.4 is 15.4 Å². The van der Waals surface area contributed by atoms with E-state index < -0.39 is 37.6 Å². The molecular weight excluding hydrogens is 509 g/mol. The molecule has 3 aliphatic rings. The first kappa shape index (κ1) is 26.2. The van der Waals surface area contributed by atoms with E-state index in [2.05, 4.69) is 31.4 Å². The average molecular weight is 542 g/mol. The minimum atomic E-state index is -3.34. The number of amides is 1. The number of aliphatic imine (C=N–C) groups is 1. The van der Waals surface area contributed by atoms with Crippen molar-refractivity contribution in [1.82, 2.24) is 20.0 Å². The Morgan fingerprint density at radius 2 is 2.08 bits per heavy atom. The van der Waals surface area contributed by atoms with Crippen LogP contribution in [0, 0.1) is 29.5 Å². The maximum Gasteiger partial charge on any atom is 0.410 e. The summed E-state index contributed by atoms with van der Waals surface area (Å²) in [6.07, 6.45) is 2.74. The van der Waals surface area contributed by atoms with Gasteiger partial charge in [0.25, 0.3) is 0 Å². The molecule has 12 heteroatoms. The number of hydrogen-bond acceptors (Lipinski definition) is 7. The van der Waals surface area contributed by atoms with E-state index in [0.29, 0.717) is 36.6 Å². The molecule has 5 rings (SSSR count). The molecule has 0 bridgehead atoms. The van der Waals surface area contributed by atoms with Crippen LogP contribution in [0.25, 0.3) is 0 Å². The normalized spacial score (nSPS) is 26.8. The van der Waals surface area contributed by atoms with Crippen molar-refractivity contribution in [3.05, 3.63) is 52.7 Å². The number of aromatic nitrogens is 2. The standard InChI is InChI=1S/C26H32FN7O3S/c1-15-9-16(11-28)12-29-18(15)13-30-20-6-5-17(27)21(32-20)25(4)19-10-26(7-8-26)14-31-38(19,37)24(2,3)22(34-25)33-23(35)36/h5-6,9,12,19,38H,7-8,10,13-14H2,1-4H3,(H,30,32)(H,31,37)(H,33,34)(H,35,36)/t19-,25-/m0/s1. The van der Waals surface area contributed by atoms with Gasteiger partial charge in [-0.05, 0) is 86.3 Å². The van der Waals surface area contributed by atoms with Crippen molar-refractivity contribution in [1.29, 1.82) is 5.26 Å². The largest absolute Gasteiger partial charge is 0.465 e. The van der Waals surface area contributed by atoms with E-state index in [9.17, 15) is 14.1 Å². The Labute approximate surface area is 221 Å². The molecule has 2 aliphatic heterocycles. The number of thiol groups is 1. The van der Waals surface area contributed by atoms with Gasteiger partial charge in [-0.2, -0.15) is 5.26 Å². The number of nitrogens with one attached hydrogen (secondary N) is 3. The van der Waals surface area contributed by atoms with Crippen molar-refractivity contribution in [3.8, 4) is 6.07 Å². The van der Waals surface area contributed by atoms with Crippen molar-refractivity contribution in [2.24, 2.45) is 10.4 Å². The number of hydrogen-bond donors (Lipinski definition) is 5. The molecule has 1 amide bonds. The zero-order valence-electron chi connectivity index (χ0n) is 21.8. The fraction of sp³-hybridized carbons (Fsp3) is 0.500. The average Bonchev–Trinajstić information content (AvgIpc) is 3.63. The Morgan fingerprint density at radius 1 is 1.34 bits per heavy atom. The van der Waals surface area contributed by atoms with Crippen molar-refractivity contribution in [2.75, 3.05) is 11.9 Å². The van der Waals surface area contributed by atoms with E-state index in [1.54, 1.807) is 26.8 Å². The summed E-state index contributed by atoms with van der Waals surface area (Å²) in [6, 6.07) is 6.61. The molecule has 10 nitrogen and oxygen atoms in total. The molecule has 0 aromatic carbocycles. The zero-order valence-corrected chi connectivity index (χ0v) is 22.7. The molecule has 2 fully saturated rings. The fourth-order valence-corrected chi connectivity index (χ4v) is 9.64. The van der Waals surface area contributed by atoms with Gasteiger partial charge in [-0.3, -0.25) is 24.2 Å². The maximum absolute atomic E-state index is 15.5.